The van der Waals surface area contributed by atoms with Crippen molar-refractivity contribution in [2.24, 2.45) is 0 Å². The maximum absolute atomic E-state index is 10.7. The van der Waals surface area contributed by atoms with Crippen molar-refractivity contribution in [3.05, 3.63) is 55.2 Å². The van der Waals surface area contributed by atoms with Crippen molar-refractivity contribution in [3.8, 4) is 6.07 Å². The largest absolute Gasteiger partial charge is 0.377 e. The Hall–Kier alpha value is -2.10. The van der Waals surface area contributed by atoms with Gasteiger partial charge in [-0.05, 0) is 30.0 Å². The van der Waals surface area contributed by atoms with E-state index in [0.29, 0.717) is 10.0 Å². The number of thiophene rings is 1. The molecule has 2 aromatic rings. The van der Waals surface area contributed by atoms with Crippen LogP contribution in [0.3, 0.4) is 0 Å². The van der Waals surface area contributed by atoms with Crippen LogP contribution in [0.15, 0.2) is 29.6 Å². The highest BCUT2D eigenvalue weighted by Crippen LogP contribution is 2.29. The molecule has 1 atom stereocenters. The topological polar surface area (TPSA) is 79.0 Å². The fourth-order valence-corrected chi connectivity index (χ4v) is 2.72. The van der Waals surface area contributed by atoms with Crippen LogP contribution < -0.4 is 5.32 Å². The summed E-state index contributed by atoms with van der Waals surface area (Å²) >= 11 is 7.32. The highest BCUT2D eigenvalue weighted by molar-refractivity contribution is 7.14. The number of hydrogen-bond acceptors (Lipinski definition) is 5. The van der Waals surface area contributed by atoms with Gasteiger partial charge in [-0.25, -0.2) is 0 Å². The van der Waals surface area contributed by atoms with Gasteiger partial charge in [-0.3, -0.25) is 10.1 Å². The smallest absolute Gasteiger partial charge is 0.270 e. The van der Waals surface area contributed by atoms with Crippen molar-refractivity contribution in [2.45, 2.75) is 13.0 Å². The number of halogens is 1. The van der Waals surface area contributed by atoms with Crippen LogP contribution in [0.2, 0.25) is 4.34 Å². The zero-order valence-electron chi connectivity index (χ0n) is 10.5. The lowest BCUT2D eigenvalue weighted by Crippen LogP contribution is -2.07. The van der Waals surface area contributed by atoms with Crippen LogP contribution in [0, 0.1) is 21.4 Å². The zero-order chi connectivity index (χ0) is 14.7. The van der Waals surface area contributed by atoms with Gasteiger partial charge in [0.2, 0.25) is 0 Å². The summed E-state index contributed by atoms with van der Waals surface area (Å²) < 4.78 is 0.692. The van der Waals surface area contributed by atoms with Gasteiger partial charge in [-0.1, -0.05) is 11.6 Å². The quantitative estimate of drug-likeness (QED) is 0.672. The maximum Gasteiger partial charge on any atom is 0.270 e. The fourth-order valence-electron chi connectivity index (χ4n) is 1.73. The Kier molecular flexibility index (Phi) is 4.23. The molecule has 1 N–H and O–H groups in total. The Morgan fingerprint density at radius 1 is 1.50 bits per heavy atom. The minimum atomic E-state index is -0.521. The molecule has 2 rings (SSSR count). The van der Waals surface area contributed by atoms with Crippen LogP contribution in [0.1, 0.15) is 24.1 Å². The van der Waals surface area contributed by atoms with E-state index in [9.17, 15) is 10.1 Å². The van der Waals surface area contributed by atoms with E-state index in [-0.39, 0.29) is 17.3 Å². The predicted molar refractivity (Wildman–Crippen MR) is 79.2 cm³/mol. The maximum atomic E-state index is 10.7. The second-order valence-electron chi connectivity index (χ2n) is 4.15. The molecule has 5 nitrogen and oxygen atoms in total. The third-order valence-corrected chi connectivity index (χ3v) is 3.90. The molecule has 0 bridgehead atoms. The van der Waals surface area contributed by atoms with Gasteiger partial charge in [0.25, 0.3) is 5.69 Å². The first-order chi connectivity index (χ1) is 9.51. The third kappa shape index (κ3) is 3.07. The van der Waals surface area contributed by atoms with Gasteiger partial charge in [0, 0.05) is 18.2 Å². The van der Waals surface area contributed by atoms with E-state index in [1.165, 1.54) is 23.5 Å². The summed E-state index contributed by atoms with van der Waals surface area (Å²) in [5, 5.41) is 24.9. The summed E-state index contributed by atoms with van der Waals surface area (Å²) in [6.45, 7) is 1.93. The Labute approximate surface area is 124 Å². The summed E-state index contributed by atoms with van der Waals surface area (Å²) in [4.78, 5) is 10.2. The van der Waals surface area contributed by atoms with Gasteiger partial charge in [-0.15, -0.1) is 11.3 Å². The normalized spacial score (nSPS) is 11.7. The van der Waals surface area contributed by atoms with E-state index < -0.39 is 4.92 Å². The van der Waals surface area contributed by atoms with E-state index in [0.717, 1.165) is 5.56 Å². The van der Waals surface area contributed by atoms with Gasteiger partial charge >= 0.3 is 0 Å². The Balaban J connectivity index is 2.25. The highest BCUT2D eigenvalue weighted by atomic mass is 35.5. The predicted octanol–water partition coefficient (Wildman–Crippen LogP) is 4.35. The number of hydrogen-bond donors (Lipinski definition) is 1. The van der Waals surface area contributed by atoms with Crippen LogP contribution >= 0.6 is 22.9 Å². The lowest BCUT2D eigenvalue weighted by atomic mass is 10.1. The van der Waals surface area contributed by atoms with Crippen LogP contribution in [0.25, 0.3) is 0 Å². The average Bonchev–Trinajstić information content (AvgIpc) is 2.85. The number of anilines is 1. The molecule has 0 aliphatic rings. The van der Waals surface area contributed by atoms with Crippen molar-refractivity contribution in [3.63, 3.8) is 0 Å². The molecular formula is C13H10ClN3O2S. The monoisotopic (exact) mass is 307 g/mol. The van der Waals surface area contributed by atoms with E-state index in [1.54, 1.807) is 6.07 Å². The molecule has 102 valence electrons. The van der Waals surface area contributed by atoms with Crippen molar-refractivity contribution in [1.82, 2.24) is 0 Å². The number of benzene rings is 1. The minimum Gasteiger partial charge on any atom is -0.377 e. The first-order valence-corrected chi connectivity index (χ1v) is 6.96. The molecular weight excluding hydrogens is 298 g/mol. The fraction of sp³-hybridized carbons (Fsp3) is 0.154. The second kappa shape index (κ2) is 5.90. The number of nitro groups is 1. The summed E-state index contributed by atoms with van der Waals surface area (Å²) in [7, 11) is 0. The molecule has 20 heavy (non-hydrogen) atoms. The van der Waals surface area contributed by atoms with Crippen LogP contribution in [0.4, 0.5) is 11.4 Å². The van der Waals surface area contributed by atoms with Gasteiger partial charge in [0.1, 0.15) is 6.07 Å². The molecule has 0 amide bonds. The SMILES string of the molecule is CC(Nc1ccc([N+](=O)[O-])cc1C#N)c1csc(Cl)c1. The number of non-ortho nitro benzene ring substituents is 1. The van der Waals surface area contributed by atoms with Crippen LogP contribution in [-0.2, 0) is 0 Å². The third-order valence-electron chi connectivity index (χ3n) is 2.79. The van der Waals surface area contributed by atoms with E-state index in [4.69, 9.17) is 16.9 Å². The van der Waals surface area contributed by atoms with Gasteiger partial charge in [0.15, 0.2) is 0 Å². The lowest BCUT2D eigenvalue weighted by molar-refractivity contribution is -0.384. The molecule has 0 aliphatic carbocycles. The first-order valence-electron chi connectivity index (χ1n) is 5.70. The van der Waals surface area contributed by atoms with Gasteiger partial charge in [-0.2, -0.15) is 5.26 Å². The lowest BCUT2D eigenvalue weighted by Gasteiger charge is -2.15. The van der Waals surface area contributed by atoms with Crippen LogP contribution in [-0.4, -0.2) is 4.92 Å². The Morgan fingerprint density at radius 3 is 2.80 bits per heavy atom. The molecule has 0 radical (unpaired) electrons. The van der Waals surface area contributed by atoms with E-state index in [1.807, 2.05) is 24.4 Å². The number of nitrogens with zero attached hydrogens (tertiary/aromatic N) is 2. The number of nitrogens with one attached hydrogen (secondary N) is 1. The zero-order valence-corrected chi connectivity index (χ0v) is 12.0. The molecule has 1 aromatic carbocycles. The van der Waals surface area contributed by atoms with Crippen LogP contribution in [0.5, 0.6) is 0 Å². The first kappa shape index (κ1) is 14.3. The molecule has 1 aromatic heterocycles. The molecule has 0 aliphatic heterocycles. The molecule has 0 spiro atoms. The Bertz CT molecular complexity index is 693. The van der Waals surface area contributed by atoms with Gasteiger partial charge in [0.05, 0.1) is 20.5 Å². The second-order valence-corrected chi connectivity index (χ2v) is 5.69. The summed E-state index contributed by atoms with van der Waals surface area (Å²) in [5.41, 5.74) is 1.71. The number of nitriles is 1. The Morgan fingerprint density at radius 2 is 2.25 bits per heavy atom. The molecule has 1 heterocycles. The number of nitro benzene ring substituents is 1. The summed E-state index contributed by atoms with van der Waals surface area (Å²) in [6.07, 6.45) is 0. The van der Waals surface area contributed by atoms with Crippen molar-refractivity contribution in [1.29, 1.82) is 5.26 Å². The number of rotatable bonds is 4. The average molecular weight is 308 g/mol. The highest BCUT2D eigenvalue weighted by Gasteiger charge is 2.13. The van der Waals surface area contributed by atoms with Crippen molar-refractivity contribution >= 4 is 34.3 Å². The van der Waals surface area contributed by atoms with E-state index >= 15 is 0 Å². The summed E-state index contributed by atoms with van der Waals surface area (Å²) in [5.74, 6) is 0. The standard InChI is InChI=1S/C13H10ClN3O2S/c1-8(10-5-13(14)20-7-10)16-12-3-2-11(17(18)19)4-9(12)6-15/h2-5,7-8,16H,1H3. The minimum absolute atomic E-state index is 0.0488. The molecule has 0 saturated carbocycles. The summed E-state index contributed by atoms with van der Waals surface area (Å²) in [6, 6.07) is 7.94. The molecule has 0 fully saturated rings. The van der Waals surface area contributed by atoms with Gasteiger partial charge < -0.3 is 5.32 Å². The molecule has 1 unspecified atom stereocenters. The molecule has 7 heteroatoms. The molecule has 0 saturated heterocycles. The van der Waals surface area contributed by atoms with E-state index in [2.05, 4.69) is 5.32 Å². The van der Waals surface area contributed by atoms with Crippen molar-refractivity contribution in [2.75, 3.05) is 5.32 Å². The van der Waals surface area contributed by atoms with Crippen molar-refractivity contribution < 1.29 is 4.92 Å².